The van der Waals surface area contributed by atoms with Crippen molar-refractivity contribution in [3.05, 3.63) is 35.4 Å². The minimum absolute atomic E-state index is 0.0312. The van der Waals surface area contributed by atoms with Crippen molar-refractivity contribution in [1.82, 2.24) is 0 Å². The highest BCUT2D eigenvalue weighted by Crippen LogP contribution is 2.27. The molecular formula is C11H10O2. The van der Waals surface area contributed by atoms with Gasteiger partial charge in [-0.1, -0.05) is 31.2 Å². The van der Waals surface area contributed by atoms with E-state index in [4.69, 9.17) is 0 Å². The van der Waals surface area contributed by atoms with Crippen LogP contribution in [0.5, 0.6) is 0 Å². The molecule has 0 saturated carbocycles. The first kappa shape index (κ1) is 8.17. The molecular weight excluding hydrogens is 164 g/mol. The number of rotatable bonds is 0. The van der Waals surface area contributed by atoms with E-state index >= 15 is 0 Å². The van der Waals surface area contributed by atoms with Crippen LogP contribution >= 0.6 is 0 Å². The van der Waals surface area contributed by atoms with Gasteiger partial charge in [-0.25, -0.2) is 0 Å². The standard InChI is InChI=1S/C11H10O2/c1-7-8-4-2-3-5-9(8)11(13)6-10(7)12/h2-5,7H,6H2,1H3. The van der Waals surface area contributed by atoms with E-state index in [-0.39, 0.29) is 23.9 Å². The average Bonchev–Trinajstić information content (AvgIpc) is 2.15. The molecule has 0 fully saturated rings. The van der Waals surface area contributed by atoms with Crippen LogP contribution in [-0.4, -0.2) is 11.6 Å². The van der Waals surface area contributed by atoms with E-state index in [2.05, 4.69) is 0 Å². The first-order valence-corrected chi connectivity index (χ1v) is 4.35. The normalized spacial score (nSPS) is 21.5. The van der Waals surface area contributed by atoms with Crippen molar-refractivity contribution in [2.75, 3.05) is 0 Å². The van der Waals surface area contributed by atoms with Gasteiger partial charge in [0, 0.05) is 11.5 Å². The largest absolute Gasteiger partial charge is 0.299 e. The third kappa shape index (κ3) is 1.18. The van der Waals surface area contributed by atoms with Gasteiger partial charge in [-0.2, -0.15) is 0 Å². The summed E-state index contributed by atoms with van der Waals surface area (Å²) in [6.07, 6.45) is 0.0676. The van der Waals surface area contributed by atoms with Crippen LogP contribution in [0.25, 0.3) is 0 Å². The number of carbonyl (C=O) groups excluding carboxylic acids is 2. The highest BCUT2D eigenvalue weighted by Gasteiger charge is 2.28. The first-order chi connectivity index (χ1) is 6.20. The lowest BCUT2D eigenvalue weighted by atomic mass is 9.82. The Balaban J connectivity index is 2.60. The van der Waals surface area contributed by atoms with Gasteiger partial charge in [0.05, 0.1) is 6.42 Å². The summed E-state index contributed by atoms with van der Waals surface area (Å²) in [5, 5.41) is 0. The molecule has 13 heavy (non-hydrogen) atoms. The second kappa shape index (κ2) is 2.80. The molecule has 1 unspecified atom stereocenters. The molecule has 0 heterocycles. The molecule has 1 atom stereocenters. The molecule has 0 bridgehead atoms. The fourth-order valence-corrected chi connectivity index (χ4v) is 1.71. The summed E-state index contributed by atoms with van der Waals surface area (Å²) in [7, 11) is 0. The van der Waals surface area contributed by atoms with Gasteiger partial charge < -0.3 is 0 Å². The van der Waals surface area contributed by atoms with Gasteiger partial charge in [-0.15, -0.1) is 0 Å². The molecule has 0 saturated heterocycles. The van der Waals surface area contributed by atoms with Gasteiger partial charge in [0.2, 0.25) is 0 Å². The molecule has 2 nitrogen and oxygen atoms in total. The summed E-state index contributed by atoms with van der Waals surface area (Å²) in [5.74, 6) is -0.128. The van der Waals surface area contributed by atoms with Crippen LogP contribution in [0.15, 0.2) is 24.3 Å². The van der Waals surface area contributed by atoms with Gasteiger partial charge >= 0.3 is 0 Å². The number of ketones is 2. The van der Waals surface area contributed by atoms with Gasteiger partial charge in [0.25, 0.3) is 0 Å². The lowest BCUT2D eigenvalue weighted by Gasteiger charge is -2.19. The topological polar surface area (TPSA) is 34.1 Å². The van der Waals surface area contributed by atoms with E-state index in [9.17, 15) is 9.59 Å². The summed E-state index contributed by atoms with van der Waals surface area (Å²) in [4.78, 5) is 22.8. The summed E-state index contributed by atoms with van der Waals surface area (Å²) < 4.78 is 0. The fraction of sp³-hybridized carbons (Fsp3) is 0.273. The van der Waals surface area contributed by atoms with Gasteiger partial charge in [0.1, 0.15) is 5.78 Å². The Hall–Kier alpha value is -1.44. The molecule has 1 aliphatic rings. The predicted molar refractivity (Wildman–Crippen MR) is 48.8 cm³/mol. The summed E-state index contributed by atoms with van der Waals surface area (Å²) in [5.41, 5.74) is 1.60. The molecule has 1 aromatic carbocycles. The summed E-state index contributed by atoms with van der Waals surface area (Å²) in [6, 6.07) is 7.34. The highest BCUT2D eigenvalue weighted by atomic mass is 16.1. The number of carbonyl (C=O) groups is 2. The van der Waals surface area contributed by atoms with Gasteiger partial charge in [0.15, 0.2) is 5.78 Å². The maximum absolute atomic E-state index is 11.4. The Bertz CT molecular complexity index is 379. The zero-order chi connectivity index (χ0) is 9.42. The van der Waals surface area contributed by atoms with Crippen molar-refractivity contribution < 1.29 is 9.59 Å². The van der Waals surface area contributed by atoms with E-state index in [0.29, 0.717) is 0 Å². The lowest BCUT2D eigenvalue weighted by molar-refractivity contribution is -0.119. The predicted octanol–water partition coefficient (Wildman–Crippen LogP) is 1.95. The smallest absolute Gasteiger partial charge is 0.170 e. The van der Waals surface area contributed by atoms with E-state index < -0.39 is 0 Å². The Morgan fingerprint density at radius 3 is 2.69 bits per heavy atom. The molecule has 2 rings (SSSR count). The highest BCUT2D eigenvalue weighted by molar-refractivity contribution is 6.14. The molecule has 0 spiro atoms. The first-order valence-electron chi connectivity index (χ1n) is 4.35. The molecule has 1 aromatic rings. The summed E-state index contributed by atoms with van der Waals surface area (Å²) in [6.45, 7) is 1.85. The number of fused-ring (bicyclic) bond motifs is 1. The van der Waals surface area contributed by atoms with Crippen LogP contribution in [0.2, 0.25) is 0 Å². The monoisotopic (exact) mass is 174 g/mol. The zero-order valence-electron chi connectivity index (χ0n) is 7.41. The zero-order valence-corrected chi connectivity index (χ0v) is 7.41. The van der Waals surface area contributed by atoms with E-state index in [0.717, 1.165) is 11.1 Å². The molecule has 0 aliphatic heterocycles. The van der Waals surface area contributed by atoms with Crippen LogP contribution in [0.1, 0.15) is 35.2 Å². The minimum Gasteiger partial charge on any atom is -0.299 e. The lowest BCUT2D eigenvalue weighted by Crippen LogP contribution is -2.22. The minimum atomic E-state index is -0.117. The molecule has 0 amide bonds. The SMILES string of the molecule is CC1C(=O)CC(=O)c2ccccc21. The molecule has 0 aromatic heterocycles. The van der Waals surface area contributed by atoms with Crippen LogP contribution < -0.4 is 0 Å². The molecule has 2 heteroatoms. The second-order valence-electron chi connectivity index (χ2n) is 3.38. The third-order valence-electron chi connectivity index (χ3n) is 2.55. The van der Waals surface area contributed by atoms with Crippen molar-refractivity contribution in [2.24, 2.45) is 0 Å². The second-order valence-corrected chi connectivity index (χ2v) is 3.38. The van der Waals surface area contributed by atoms with Crippen LogP contribution in [0.3, 0.4) is 0 Å². The maximum Gasteiger partial charge on any atom is 0.170 e. The average molecular weight is 174 g/mol. The number of hydrogen-bond acceptors (Lipinski definition) is 2. The van der Waals surface area contributed by atoms with Gasteiger partial charge in [-0.3, -0.25) is 9.59 Å². The van der Waals surface area contributed by atoms with E-state index in [1.165, 1.54) is 0 Å². The van der Waals surface area contributed by atoms with Gasteiger partial charge in [-0.05, 0) is 5.56 Å². The van der Waals surface area contributed by atoms with E-state index in [1.54, 1.807) is 6.07 Å². The van der Waals surface area contributed by atoms with Crippen LogP contribution in [0, 0.1) is 0 Å². The van der Waals surface area contributed by atoms with Crippen molar-refractivity contribution in [1.29, 1.82) is 0 Å². The Labute approximate surface area is 76.6 Å². The Kier molecular flexibility index (Phi) is 1.76. The quantitative estimate of drug-likeness (QED) is 0.563. The van der Waals surface area contributed by atoms with Crippen LogP contribution in [0.4, 0.5) is 0 Å². The van der Waals surface area contributed by atoms with Crippen molar-refractivity contribution in [3.8, 4) is 0 Å². The Morgan fingerprint density at radius 2 is 1.92 bits per heavy atom. The number of hydrogen-bond donors (Lipinski definition) is 0. The third-order valence-corrected chi connectivity index (χ3v) is 2.55. The molecule has 66 valence electrons. The maximum atomic E-state index is 11.4. The van der Waals surface area contributed by atoms with Crippen molar-refractivity contribution >= 4 is 11.6 Å². The van der Waals surface area contributed by atoms with E-state index in [1.807, 2.05) is 25.1 Å². The Morgan fingerprint density at radius 1 is 1.23 bits per heavy atom. The molecule has 0 radical (unpaired) electrons. The van der Waals surface area contributed by atoms with Crippen molar-refractivity contribution in [2.45, 2.75) is 19.3 Å². The summed E-state index contributed by atoms with van der Waals surface area (Å²) >= 11 is 0. The fourth-order valence-electron chi connectivity index (χ4n) is 1.71. The number of Topliss-reactive ketones (excluding diaryl/α,β-unsaturated/α-hetero) is 2. The number of benzene rings is 1. The van der Waals surface area contributed by atoms with Crippen molar-refractivity contribution in [3.63, 3.8) is 0 Å². The molecule has 0 N–H and O–H groups in total. The molecule has 1 aliphatic carbocycles. The van der Waals surface area contributed by atoms with Crippen LogP contribution in [-0.2, 0) is 4.79 Å².